The highest BCUT2D eigenvalue weighted by atomic mass is 16.5. The minimum atomic E-state index is -0.406. The van der Waals surface area contributed by atoms with Gasteiger partial charge in [0.15, 0.2) is 0 Å². The Hall–Kier alpha value is -2.15. The van der Waals surface area contributed by atoms with E-state index in [1.807, 2.05) is 24.5 Å². The molecule has 3 rings (SSSR count). The molecule has 1 aromatic heterocycles. The molecule has 142 valence electrons. The van der Waals surface area contributed by atoms with E-state index >= 15 is 0 Å². The number of hydrogen-bond acceptors (Lipinski definition) is 5. The van der Waals surface area contributed by atoms with E-state index < -0.39 is 12.1 Å². The van der Waals surface area contributed by atoms with Crippen LogP contribution in [0.3, 0.4) is 0 Å². The van der Waals surface area contributed by atoms with Crippen molar-refractivity contribution in [2.24, 2.45) is 0 Å². The van der Waals surface area contributed by atoms with E-state index in [9.17, 15) is 9.59 Å². The van der Waals surface area contributed by atoms with Crippen LogP contribution in [0.4, 0.5) is 4.79 Å². The average molecular weight is 360 g/mol. The van der Waals surface area contributed by atoms with Crippen molar-refractivity contribution in [3.05, 3.63) is 30.1 Å². The molecule has 1 N–H and O–H groups in total. The number of rotatable bonds is 4. The third-order valence-electron chi connectivity index (χ3n) is 5.30. The van der Waals surface area contributed by atoms with Crippen LogP contribution in [0.2, 0.25) is 0 Å². The molecule has 2 amide bonds. The number of likely N-dealkylation sites (tertiary alicyclic amines) is 2. The van der Waals surface area contributed by atoms with Crippen LogP contribution >= 0.6 is 0 Å². The first-order chi connectivity index (χ1) is 12.7. The van der Waals surface area contributed by atoms with E-state index in [1.165, 1.54) is 12.7 Å². The summed E-state index contributed by atoms with van der Waals surface area (Å²) in [4.78, 5) is 32.6. The zero-order valence-corrected chi connectivity index (χ0v) is 15.4. The smallest absolute Gasteiger partial charge is 0.410 e. The third-order valence-corrected chi connectivity index (χ3v) is 5.30. The average Bonchev–Trinajstić information content (AvgIpc) is 2.69. The number of carbonyl (C=O) groups excluding carboxylic acids is 2. The topological polar surface area (TPSA) is 74.8 Å². The van der Waals surface area contributed by atoms with Gasteiger partial charge in [-0.3, -0.25) is 19.6 Å². The van der Waals surface area contributed by atoms with Gasteiger partial charge >= 0.3 is 6.09 Å². The number of ether oxygens (including phenoxy) is 1. The Kier molecular flexibility index (Phi) is 6.44. The Labute approximate surface area is 154 Å². The van der Waals surface area contributed by atoms with Gasteiger partial charge in [-0.05, 0) is 49.8 Å². The summed E-state index contributed by atoms with van der Waals surface area (Å²) in [5.41, 5.74) is 1.26. The van der Waals surface area contributed by atoms with Gasteiger partial charge in [0.1, 0.15) is 6.04 Å². The predicted octanol–water partition coefficient (Wildman–Crippen LogP) is 1.78. The van der Waals surface area contributed by atoms with Gasteiger partial charge in [-0.2, -0.15) is 0 Å². The van der Waals surface area contributed by atoms with Gasteiger partial charge in [0.25, 0.3) is 0 Å². The molecular formula is C19H28N4O3. The van der Waals surface area contributed by atoms with Gasteiger partial charge in [0, 0.05) is 44.6 Å². The van der Waals surface area contributed by atoms with Crippen molar-refractivity contribution in [1.29, 1.82) is 0 Å². The molecule has 2 aliphatic heterocycles. The molecule has 2 aliphatic rings. The molecule has 1 unspecified atom stereocenters. The van der Waals surface area contributed by atoms with Crippen LogP contribution in [0.15, 0.2) is 24.5 Å². The SMILES string of the molecule is COC(=O)N1CCCCC1C(=O)NC1CCN(Cc2ccncc2)CC1. The van der Waals surface area contributed by atoms with Crippen molar-refractivity contribution >= 4 is 12.0 Å². The zero-order valence-electron chi connectivity index (χ0n) is 15.4. The van der Waals surface area contributed by atoms with E-state index in [4.69, 9.17) is 4.74 Å². The van der Waals surface area contributed by atoms with Gasteiger partial charge in [0.05, 0.1) is 7.11 Å². The molecule has 1 atom stereocenters. The fourth-order valence-corrected chi connectivity index (χ4v) is 3.82. The van der Waals surface area contributed by atoms with Crippen molar-refractivity contribution in [2.45, 2.75) is 50.7 Å². The molecule has 7 heteroatoms. The fourth-order valence-electron chi connectivity index (χ4n) is 3.82. The number of methoxy groups -OCH3 is 1. The van der Waals surface area contributed by atoms with Crippen LogP contribution in [0.5, 0.6) is 0 Å². The van der Waals surface area contributed by atoms with Crippen LogP contribution in [-0.2, 0) is 16.1 Å². The zero-order chi connectivity index (χ0) is 18.4. The second-order valence-electron chi connectivity index (χ2n) is 7.09. The molecule has 0 spiro atoms. The molecule has 2 fully saturated rings. The maximum absolute atomic E-state index is 12.7. The van der Waals surface area contributed by atoms with Gasteiger partial charge in [-0.25, -0.2) is 4.79 Å². The summed E-state index contributed by atoms with van der Waals surface area (Å²) in [7, 11) is 1.37. The van der Waals surface area contributed by atoms with Gasteiger partial charge < -0.3 is 10.1 Å². The summed E-state index contributed by atoms with van der Waals surface area (Å²) in [6.45, 7) is 3.42. The minimum Gasteiger partial charge on any atom is -0.453 e. The number of nitrogens with one attached hydrogen (secondary N) is 1. The first-order valence-corrected chi connectivity index (χ1v) is 9.43. The third kappa shape index (κ3) is 4.72. The van der Waals surface area contributed by atoms with Crippen LogP contribution in [-0.4, -0.2) is 65.6 Å². The van der Waals surface area contributed by atoms with E-state index in [0.29, 0.717) is 13.0 Å². The second kappa shape index (κ2) is 8.98. The van der Waals surface area contributed by atoms with Crippen molar-refractivity contribution < 1.29 is 14.3 Å². The first-order valence-electron chi connectivity index (χ1n) is 9.43. The normalized spacial score (nSPS) is 22.0. The Balaban J connectivity index is 1.47. The quantitative estimate of drug-likeness (QED) is 0.886. The van der Waals surface area contributed by atoms with Crippen molar-refractivity contribution in [3.8, 4) is 0 Å². The van der Waals surface area contributed by atoms with Crippen LogP contribution in [0.25, 0.3) is 0 Å². The highest BCUT2D eigenvalue weighted by Crippen LogP contribution is 2.19. The molecule has 0 aliphatic carbocycles. The summed E-state index contributed by atoms with van der Waals surface area (Å²) in [6.07, 6.45) is 7.70. The maximum Gasteiger partial charge on any atom is 0.410 e. The predicted molar refractivity (Wildman–Crippen MR) is 97.4 cm³/mol. The molecule has 3 heterocycles. The van der Waals surface area contributed by atoms with E-state index in [0.717, 1.165) is 45.3 Å². The maximum atomic E-state index is 12.7. The van der Waals surface area contributed by atoms with E-state index in [1.54, 1.807) is 4.90 Å². The Morgan fingerprint density at radius 3 is 2.58 bits per heavy atom. The second-order valence-corrected chi connectivity index (χ2v) is 7.09. The summed E-state index contributed by atoms with van der Waals surface area (Å²) in [6, 6.07) is 3.86. The largest absolute Gasteiger partial charge is 0.453 e. The molecule has 0 radical (unpaired) electrons. The molecule has 7 nitrogen and oxygen atoms in total. The molecular weight excluding hydrogens is 332 g/mol. The molecule has 0 saturated carbocycles. The van der Waals surface area contributed by atoms with E-state index in [2.05, 4.69) is 15.2 Å². The number of amides is 2. The number of piperidine rings is 2. The van der Waals surface area contributed by atoms with Gasteiger partial charge in [0.2, 0.25) is 5.91 Å². The summed E-state index contributed by atoms with van der Waals surface area (Å²) in [5, 5.41) is 3.16. The minimum absolute atomic E-state index is 0.0392. The first kappa shape index (κ1) is 18.6. The van der Waals surface area contributed by atoms with Crippen molar-refractivity contribution in [2.75, 3.05) is 26.7 Å². The Bertz CT molecular complexity index is 602. The molecule has 2 saturated heterocycles. The Morgan fingerprint density at radius 2 is 1.88 bits per heavy atom. The summed E-state index contributed by atoms with van der Waals surface area (Å²) in [5.74, 6) is -0.0392. The summed E-state index contributed by atoms with van der Waals surface area (Å²) >= 11 is 0. The summed E-state index contributed by atoms with van der Waals surface area (Å²) < 4.78 is 4.83. The van der Waals surface area contributed by atoms with Gasteiger partial charge in [-0.1, -0.05) is 0 Å². The molecule has 0 bridgehead atoms. The van der Waals surface area contributed by atoms with Crippen LogP contribution in [0.1, 0.15) is 37.7 Å². The fraction of sp³-hybridized carbons (Fsp3) is 0.632. The number of pyridine rings is 1. The highest BCUT2D eigenvalue weighted by molar-refractivity contribution is 5.86. The van der Waals surface area contributed by atoms with Gasteiger partial charge in [-0.15, -0.1) is 0 Å². The highest BCUT2D eigenvalue weighted by Gasteiger charge is 2.34. The number of nitrogens with zero attached hydrogens (tertiary/aromatic N) is 3. The number of hydrogen-bond donors (Lipinski definition) is 1. The number of carbonyl (C=O) groups is 2. The van der Waals surface area contributed by atoms with Crippen molar-refractivity contribution in [3.63, 3.8) is 0 Å². The lowest BCUT2D eigenvalue weighted by Gasteiger charge is -2.36. The Morgan fingerprint density at radius 1 is 1.15 bits per heavy atom. The lowest BCUT2D eigenvalue weighted by Crippen LogP contribution is -2.55. The monoisotopic (exact) mass is 360 g/mol. The van der Waals surface area contributed by atoms with Crippen LogP contribution < -0.4 is 5.32 Å². The number of aromatic nitrogens is 1. The molecule has 26 heavy (non-hydrogen) atoms. The molecule has 1 aromatic rings. The molecule has 0 aromatic carbocycles. The lowest BCUT2D eigenvalue weighted by atomic mass is 9.99. The standard InChI is InChI=1S/C19H28N4O3/c1-26-19(25)23-11-3-2-4-17(23)18(24)21-16-7-12-22(13-8-16)14-15-5-9-20-10-6-15/h5-6,9-10,16-17H,2-4,7-8,11-14H2,1H3,(H,21,24). The van der Waals surface area contributed by atoms with E-state index in [-0.39, 0.29) is 11.9 Å². The van der Waals surface area contributed by atoms with Crippen molar-refractivity contribution in [1.82, 2.24) is 20.1 Å². The van der Waals surface area contributed by atoms with Crippen LogP contribution in [0, 0.1) is 0 Å². The lowest BCUT2D eigenvalue weighted by molar-refractivity contribution is -0.128.